The van der Waals surface area contributed by atoms with Gasteiger partial charge in [-0.05, 0) is 17.5 Å². The molecule has 2 N–H and O–H groups in total. The van der Waals surface area contributed by atoms with Gasteiger partial charge in [0.25, 0.3) is 0 Å². The van der Waals surface area contributed by atoms with Crippen LogP contribution in [0.3, 0.4) is 0 Å². The first kappa shape index (κ1) is 23.4. The summed E-state index contributed by atoms with van der Waals surface area (Å²) in [6, 6.07) is 19.9. The fourth-order valence-electron chi connectivity index (χ4n) is 4.56. The Labute approximate surface area is 194 Å². The molecule has 2 aliphatic heterocycles. The van der Waals surface area contributed by atoms with Crippen molar-refractivity contribution in [2.24, 2.45) is 0 Å². The average molecular weight is 471 g/mol. The molecule has 0 spiro atoms. The van der Waals surface area contributed by atoms with Crippen molar-refractivity contribution in [3.8, 4) is 0 Å². The minimum absolute atomic E-state index is 0.0689. The quantitative estimate of drug-likeness (QED) is 0.662. The number of nitrogens with one attached hydrogen (secondary N) is 2. The van der Waals surface area contributed by atoms with Gasteiger partial charge in [-0.1, -0.05) is 60.7 Å². The molecular formula is C24H30N4O4S. The lowest BCUT2D eigenvalue weighted by molar-refractivity contribution is -0.121. The van der Waals surface area contributed by atoms with Gasteiger partial charge in [-0.2, -0.15) is 0 Å². The minimum Gasteiger partial charge on any atom is -0.334 e. The third kappa shape index (κ3) is 6.40. The predicted molar refractivity (Wildman–Crippen MR) is 126 cm³/mol. The number of sulfone groups is 1. The van der Waals surface area contributed by atoms with Gasteiger partial charge in [0.05, 0.1) is 24.1 Å². The zero-order valence-corrected chi connectivity index (χ0v) is 19.3. The van der Waals surface area contributed by atoms with Crippen LogP contribution in [0.15, 0.2) is 60.7 Å². The number of carbonyl (C=O) groups excluding carboxylic acids is 2. The highest BCUT2D eigenvalue weighted by Gasteiger charge is 2.30. The van der Waals surface area contributed by atoms with Gasteiger partial charge in [-0.3, -0.25) is 19.9 Å². The summed E-state index contributed by atoms with van der Waals surface area (Å²) in [4.78, 5) is 28.8. The van der Waals surface area contributed by atoms with E-state index < -0.39 is 21.9 Å². The molecular weight excluding hydrogens is 440 g/mol. The Balaban J connectivity index is 1.29. The van der Waals surface area contributed by atoms with Crippen molar-refractivity contribution in [1.29, 1.82) is 0 Å². The Morgan fingerprint density at radius 2 is 1.48 bits per heavy atom. The third-order valence-corrected chi connectivity index (χ3v) is 7.96. The number of carbonyl (C=O) groups is 2. The van der Waals surface area contributed by atoms with E-state index >= 15 is 0 Å². The van der Waals surface area contributed by atoms with Crippen molar-refractivity contribution < 1.29 is 18.0 Å². The van der Waals surface area contributed by atoms with Gasteiger partial charge >= 0.3 is 6.03 Å². The Morgan fingerprint density at radius 3 is 2.00 bits per heavy atom. The molecule has 0 unspecified atom stereocenters. The molecule has 2 saturated heterocycles. The van der Waals surface area contributed by atoms with Crippen molar-refractivity contribution in [2.75, 3.05) is 44.2 Å². The van der Waals surface area contributed by atoms with Gasteiger partial charge in [0, 0.05) is 32.2 Å². The van der Waals surface area contributed by atoms with Gasteiger partial charge in [-0.25, -0.2) is 13.2 Å². The Morgan fingerprint density at radius 1 is 0.909 bits per heavy atom. The van der Waals surface area contributed by atoms with Crippen LogP contribution in [0.2, 0.25) is 0 Å². The molecule has 0 bridgehead atoms. The molecule has 1 atom stereocenters. The average Bonchev–Trinajstić information content (AvgIpc) is 3.14. The predicted octanol–water partition coefficient (Wildman–Crippen LogP) is 1.41. The van der Waals surface area contributed by atoms with Crippen LogP contribution in [0.1, 0.15) is 23.6 Å². The number of imide groups is 1. The second kappa shape index (κ2) is 10.5. The lowest BCUT2D eigenvalue weighted by Crippen LogP contribution is -2.52. The molecule has 2 heterocycles. The van der Waals surface area contributed by atoms with Gasteiger partial charge in [0.1, 0.15) is 0 Å². The van der Waals surface area contributed by atoms with Crippen molar-refractivity contribution in [3.63, 3.8) is 0 Å². The Bertz CT molecular complexity index is 1010. The Kier molecular flexibility index (Phi) is 7.42. The van der Waals surface area contributed by atoms with E-state index in [9.17, 15) is 18.0 Å². The third-order valence-electron chi connectivity index (χ3n) is 6.19. The van der Waals surface area contributed by atoms with Crippen LogP contribution in [0.4, 0.5) is 4.79 Å². The van der Waals surface area contributed by atoms with E-state index in [2.05, 4.69) is 64.1 Å². The SMILES string of the molecule is O=C(CN1CCN(C(c2ccccc2)c2ccccc2)CC1)NC(=O)N[C@H]1CCS(=O)(=O)C1. The van der Waals surface area contributed by atoms with Crippen LogP contribution in [-0.4, -0.2) is 80.4 Å². The summed E-state index contributed by atoms with van der Waals surface area (Å²) in [7, 11) is -3.09. The van der Waals surface area contributed by atoms with Gasteiger partial charge in [0.15, 0.2) is 9.84 Å². The smallest absolute Gasteiger partial charge is 0.321 e. The summed E-state index contributed by atoms with van der Waals surface area (Å²) in [6.07, 6.45) is 0.385. The summed E-state index contributed by atoms with van der Waals surface area (Å²) in [5, 5.41) is 4.91. The first-order valence-corrected chi connectivity index (χ1v) is 13.1. The first-order chi connectivity index (χ1) is 15.9. The molecule has 9 heteroatoms. The maximum absolute atomic E-state index is 12.3. The van der Waals surface area contributed by atoms with Crippen molar-refractivity contribution in [2.45, 2.75) is 18.5 Å². The molecule has 176 valence electrons. The molecule has 2 aromatic carbocycles. The van der Waals surface area contributed by atoms with Crippen LogP contribution in [0, 0.1) is 0 Å². The number of urea groups is 1. The van der Waals surface area contributed by atoms with E-state index in [4.69, 9.17) is 0 Å². The normalized spacial score (nSPS) is 21.1. The van der Waals surface area contributed by atoms with Crippen molar-refractivity contribution >= 4 is 21.8 Å². The van der Waals surface area contributed by atoms with E-state index in [1.165, 1.54) is 11.1 Å². The molecule has 0 saturated carbocycles. The lowest BCUT2D eigenvalue weighted by atomic mass is 9.96. The number of amides is 3. The number of piperazine rings is 1. The molecule has 33 heavy (non-hydrogen) atoms. The summed E-state index contributed by atoms with van der Waals surface area (Å²) in [6.45, 7) is 3.16. The number of hydrogen-bond donors (Lipinski definition) is 2. The molecule has 2 aromatic rings. The van der Waals surface area contributed by atoms with Crippen molar-refractivity contribution in [1.82, 2.24) is 20.4 Å². The largest absolute Gasteiger partial charge is 0.334 e. The van der Waals surface area contributed by atoms with Crippen molar-refractivity contribution in [3.05, 3.63) is 71.8 Å². The summed E-state index contributed by atoms with van der Waals surface area (Å²) < 4.78 is 23.0. The zero-order chi connectivity index (χ0) is 23.3. The molecule has 0 aliphatic carbocycles. The van der Waals surface area contributed by atoms with E-state index in [0.29, 0.717) is 19.5 Å². The summed E-state index contributed by atoms with van der Waals surface area (Å²) in [5.41, 5.74) is 2.47. The van der Waals surface area contributed by atoms with Crippen LogP contribution in [0.5, 0.6) is 0 Å². The van der Waals surface area contributed by atoms with Gasteiger partial charge in [-0.15, -0.1) is 0 Å². The zero-order valence-electron chi connectivity index (χ0n) is 18.5. The number of nitrogens with zero attached hydrogens (tertiary/aromatic N) is 2. The van der Waals surface area contributed by atoms with E-state index in [1.54, 1.807) is 0 Å². The second-order valence-electron chi connectivity index (χ2n) is 8.66. The Hall–Kier alpha value is -2.75. The van der Waals surface area contributed by atoms with E-state index in [-0.39, 0.29) is 30.0 Å². The maximum Gasteiger partial charge on any atom is 0.321 e. The number of benzene rings is 2. The van der Waals surface area contributed by atoms with Crippen LogP contribution in [0.25, 0.3) is 0 Å². The molecule has 2 fully saturated rings. The van der Waals surface area contributed by atoms with Crippen LogP contribution >= 0.6 is 0 Å². The molecule has 0 radical (unpaired) electrons. The maximum atomic E-state index is 12.3. The fourth-order valence-corrected chi connectivity index (χ4v) is 6.24. The van der Waals surface area contributed by atoms with Crippen LogP contribution in [-0.2, 0) is 14.6 Å². The topological polar surface area (TPSA) is 98.8 Å². The standard InChI is InChI=1S/C24H30N4O4S/c29-22(26-24(30)25-21-11-16-33(31,32)18-21)17-27-12-14-28(15-13-27)23(19-7-3-1-4-8-19)20-9-5-2-6-10-20/h1-10,21,23H,11-18H2,(H2,25,26,29,30)/t21-/m0/s1. The van der Waals surface area contributed by atoms with Gasteiger partial charge in [0.2, 0.25) is 5.91 Å². The molecule has 2 aliphatic rings. The summed E-state index contributed by atoms with van der Waals surface area (Å²) >= 11 is 0. The van der Waals surface area contributed by atoms with E-state index in [0.717, 1.165) is 13.1 Å². The van der Waals surface area contributed by atoms with Gasteiger partial charge < -0.3 is 5.32 Å². The molecule has 0 aromatic heterocycles. The van der Waals surface area contributed by atoms with Crippen LogP contribution < -0.4 is 10.6 Å². The highest BCUT2D eigenvalue weighted by Crippen LogP contribution is 2.29. The number of rotatable bonds is 6. The lowest BCUT2D eigenvalue weighted by Gasteiger charge is -2.39. The molecule has 4 rings (SSSR count). The monoisotopic (exact) mass is 470 g/mol. The summed E-state index contributed by atoms with van der Waals surface area (Å²) in [5.74, 6) is -0.381. The fraction of sp³-hybridized carbons (Fsp3) is 0.417. The minimum atomic E-state index is -3.09. The molecule has 3 amide bonds. The van der Waals surface area contributed by atoms with E-state index in [1.807, 2.05) is 17.0 Å². The highest BCUT2D eigenvalue weighted by molar-refractivity contribution is 7.91. The second-order valence-corrected chi connectivity index (χ2v) is 10.9. The first-order valence-electron chi connectivity index (χ1n) is 11.3. The highest BCUT2D eigenvalue weighted by atomic mass is 32.2. The molecule has 8 nitrogen and oxygen atoms in total. The number of hydrogen-bond acceptors (Lipinski definition) is 6.